The van der Waals surface area contributed by atoms with Gasteiger partial charge in [0.2, 0.25) is 0 Å². The molecule has 5 aromatic carbocycles. The lowest BCUT2D eigenvalue weighted by atomic mass is 9.86. The molecule has 0 spiro atoms. The van der Waals surface area contributed by atoms with Gasteiger partial charge in [-0.3, -0.25) is 0 Å². The molecule has 33 heavy (non-hydrogen) atoms. The molecule has 1 aliphatic carbocycles. The third-order valence-electron chi connectivity index (χ3n) is 6.65. The van der Waals surface area contributed by atoms with Gasteiger partial charge < -0.3 is 0 Å². The van der Waals surface area contributed by atoms with E-state index in [1.165, 1.54) is 48.9 Å². The molecule has 1 atom stereocenters. The molecule has 1 unspecified atom stereocenters. The monoisotopic (exact) mass is 440 g/mol. The van der Waals surface area contributed by atoms with Gasteiger partial charge in [0.05, 0.1) is 0 Å². The minimum atomic E-state index is -0.692. The van der Waals surface area contributed by atoms with E-state index in [0.29, 0.717) is 0 Å². The molecule has 0 radical (unpaired) electrons. The van der Waals surface area contributed by atoms with Crippen LogP contribution in [0.3, 0.4) is 0 Å². The van der Waals surface area contributed by atoms with Crippen molar-refractivity contribution in [3.8, 4) is 0 Å². The van der Waals surface area contributed by atoms with Crippen molar-refractivity contribution in [2.45, 2.75) is 12.8 Å². The van der Waals surface area contributed by atoms with Crippen LogP contribution in [0, 0.1) is 0 Å². The number of rotatable bonds is 4. The summed E-state index contributed by atoms with van der Waals surface area (Å²) >= 11 is 0. The molecule has 5 aromatic rings. The quantitative estimate of drug-likeness (QED) is 0.260. The van der Waals surface area contributed by atoms with Gasteiger partial charge in [-0.05, 0) is 58.2 Å². The van der Waals surface area contributed by atoms with Gasteiger partial charge in [-0.25, -0.2) is 0 Å². The van der Waals surface area contributed by atoms with E-state index in [2.05, 4.69) is 134 Å². The average Bonchev–Trinajstić information content (AvgIpc) is 3.21. The van der Waals surface area contributed by atoms with Gasteiger partial charge in [-0.15, -0.1) is 0 Å². The standard InChI is InChI=1S/C32H25P/c1-23-22-25-13-9-11-19-29(25)31(23)32-28-18-10-8-12-24(28)20-21-30(32)33(26-14-4-2-5-15-26)27-16-6-3-7-17-27/h2-22,31H,1H3. The maximum Gasteiger partial charge on any atom is 0.0318 e. The molecule has 0 saturated heterocycles. The van der Waals surface area contributed by atoms with Crippen molar-refractivity contribution < 1.29 is 0 Å². The van der Waals surface area contributed by atoms with Crippen LogP contribution in [-0.2, 0) is 0 Å². The van der Waals surface area contributed by atoms with Crippen molar-refractivity contribution in [3.05, 3.63) is 144 Å². The zero-order valence-corrected chi connectivity index (χ0v) is 19.5. The van der Waals surface area contributed by atoms with Gasteiger partial charge in [-0.2, -0.15) is 0 Å². The number of allylic oxidation sites excluding steroid dienone is 1. The molecule has 0 amide bonds. The highest BCUT2D eigenvalue weighted by atomic mass is 31.1. The van der Waals surface area contributed by atoms with Gasteiger partial charge in [0, 0.05) is 5.92 Å². The number of hydrogen-bond acceptors (Lipinski definition) is 0. The Balaban J connectivity index is 1.68. The molecule has 0 aliphatic heterocycles. The summed E-state index contributed by atoms with van der Waals surface area (Å²) in [5.41, 5.74) is 5.65. The normalized spacial score (nSPS) is 15.0. The topological polar surface area (TPSA) is 0 Å². The van der Waals surface area contributed by atoms with Crippen molar-refractivity contribution in [2.24, 2.45) is 0 Å². The van der Waals surface area contributed by atoms with E-state index in [1.807, 2.05) is 0 Å². The molecule has 1 aliphatic rings. The predicted molar refractivity (Wildman–Crippen MR) is 145 cm³/mol. The first-order valence-electron chi connectivity index (χ1n) is 11.5. The van der Waals surface area contributed by atoms with Crippen LogP contribution < -0.4 is 15.9 Å². The summed E-state index contributed by atoms with van der Waals surface area (Å²) in [5.74, 6) is 0.278. The van der Waals surface area contributed by atoms with E-state index in [-0.39, 0.29) is 5.92 Å². The summed E-state index contributed by atoms with van der Waals surface area (Å²) in [4.78, 5) is 0. The maximum absolute atomic E-state index is 2.40. The van der Waals surface area contributed by atoms with Crippen LogP contribution in [0.4, 0.5) is 0 Å². The Bertz CT molecular complexity index is 1430. The van der Waals surface area contributed by atoms with Crippen molar-refractivity contribution in [1.29, 1.82) is 0 Å². The third kappa shape index (κ3) is 3.52. The van der Waals surface area contributed by atoms with E-state index >= 15 is 0 Å². The smallest absolute Gasteiger partial charge is 0.0318 e. The molecule has 158 valence electrons. The molecule has 0 aromatic heterocycles. The highest BCUT2D eigenvalue weighted by Gasteiger charge is 2.30. The molecule has 6 rings (SSSR count). The molecule has 0 N–H and O–H groups in total. The maximum atomic E-state index is 2.40. The molecular weight excluding hydrogens is 415 g/mol. The Hall–Kier alpha value is -3.47. The average molecular weight is 441 g/mol. The van der Waals surface area contributed by atoms with E-state index in [0.717, 1.165) is 0 Å². The van der Waals surface area contributed by atoms with E-state index < -0.39 is 7.92 Å². The minimum absolute atomic E-state index is 0.278. The highest BCUT2D eigenvalue weighted by molar-refractivity contribution is 7.80. The fraction of sp³-hybridized carbons (Fsp3) is 0.0625. The molecule has 0 nitrogen and oxygen atoms in total. The number of hydrogen-bond donors (Lipinski definition) is 0. The van der Waals surface area contributed by atoms with Crippen LogP contribution in [0.5, 0.6) is 0 Å². The highest BCUT2D eigenvalue weighted by Crippen LogP contribution is 2.46. The van der Waals surface area contributed by atoms with Crippen molar-refractivity contribution >= 4 is 40.7 Å². The largest absolute Gasteiger partial charge is 0.0622 e. The second-order valence-electron chi connectivity index (χ2n) is 8.68. The van der Waals surface area contributed by atoms with Gasteiger partial charge in [0.25, 0.3) is 0 Å². The van der Waals surface area contributed by atoms with Gasteiger partial charge in [-0.1, -0.05) is 133 Å². The summed E-state index contributed by atoms with van der Waals surface area (Å²) in [6.45, 7) is 2.30. The van der Waals surface area contributed by atoms with E-state index in [1.54, 1.807) is 0 Å². The first kappa shape index (κ1) is 20.2. The Morgan fingerprint density at radius 3 is 1.91 bits per heavy atom. The Morgan fingerprint density at radius 1 is 0.576 bits per heavy atom. The zero-order chi connectivity index (χ0) is 22.2. The molecular formula is C32H25P. The molecule has 0 fully saturated rings. The van der Waals surface area contributed by atoms with Crippen molar-refractivity contribution in [2.75, 3.05) is 0 Å². The lowest BCUT2D eigenvalue weighted by molar-refractivity contribution is 0.996. The first-order chi connectivity index (χ1) is 16.3. The SMILES string of the molecule is CC1=Cc2ccccc2C1c1c(P(c2ccccc2)c2ccccc2)ccc2ccccc12. The Morgan fingerprint density at radius 2 is 1.18 bits per heavy atom. The second kappa shape index (κ2) is 8.47. The third-order valence-corrected chi connectivity index (χ3v) is 9.15. The number of fused-ring (bicyclic) bond motifs is 2. The molecule has 0 heterocycles. The summed E-state index contributed by atoms with van der Waals surface area (Å²) in [6, 6.07) is 44.6. The van der Waals surface area contributed by atoms with Gasteiger partial charge >= 0.3 is 0 Å². The predicted octanol–water partition coefficient (Wildman–Crippen LogP) is 7.15. The Labute approximate surface area is 197 Å². The first-order valence-corrected chi connectivity index (χ1v) is 12.8. The van der Waals surface area contributed by atoms with Crippen molar-refractivity contribution in [3.63, 3.8) is 0 Å². The van der Waals surface area contributed by atoms with Crippen LogP contribution in [-0.4, -0.2) is 0 Å². The van der Waals surface area contributed by atoms with Crippen LogP contribution in [0.25, 0.3) is 16.8 Å². The van der Waals surface area contributed by atoms with Crippen molar-refractivity contribution in [1.82, 2.24) is 0 Å². The summed E-state index contributed by atoms with van der Waals surface area (Å²) < 4.78 is 0. The fourth-order valence-corrected chi connectivity index (χ4v) is 7.74. The lowest BCUT2D eigenvalue weighted by Gasteiger charge is -2.27. The van der Waals surface area contributed by atoms with Gasteiger partial charge in [0.1, 0.15) is 0 Å². The molecule has 0 saturated carbocycles. The minimum Gasteiger partial charge on any atom is -0.0622 e. The molecule has 0 bridgehead atoms. The van der Waals surface area contributed by atoms with E-state index in [9.17, 15) is 0 Å². The van der Waals surface area contributed by atoms with Crippen LogP contribution in [0.15, 0.2) is 127 Å². The van der Waals surface area contributed by atoms with Crippen LogP contribution >= 0.6 is 7.92 Å². The summed E-state index contributed by atoms with van der Waals surface area (Å²) in [5, 5.41) is 6.91. The second-order valence-corrected chi connectivity index (χ2v) is 10.9. The fourth-order valence-electron chi connectivity index (χ4n) is 5.23. The van der Waals surface area contributed by atoms with Crippen LogP contribution in [0.1, 0.15) is 29.5 Å². The lowest BCUT2D eigenvalue weighted by Crippen LogP contribution is -2.25. The summed E-state index contributed by atoms with van der Waals surface area (Å²) in [7, 11) is -0.692. The zero-order valence-electron chi connectivity index (χ0n) is 18.6. The van der Waals surface area contributed by atoms with E-state index in [4.69, 9.17) is 0 Å². The summed E-state index contributed by atoms with van der Waals surface area (Å²) in [6.07, 6.45) is 2.37. The number of benzene rings is 5. The van der Waals surface area contributed by atoms with Crippen LogP contribution in [0.2, 0.25) is 0 Å². The Kier molecular flexibility index (Phi) is 5.17. The van der Waals surface area contributed by atoms with Gasteiger partial charge in [0.15, 0.2) is 0 Å². The molecule has 1 heteroatoms.